The molecule has 0 bridgehead atoms. The Bertz CT molecular complexity index is 1330. The number of carbonyl (C=O) groups is 2. The highest BCUT2D eigenvalue weighted by Crippen LogP contribution is 2.29. The summed E-state index contributed by atoms with van der Waals surface area (Å²) < 4.78 is 5.81. The molecule has 0 aliphatic carbocycles. The van der Waals surface area contributed by atoms with Crippen molar-refractivity contribution < 1.29 is 14.3 Å². The number of carbonyl (C=O) groups excluding carboxylic acids is 2. The van der Waals surface area contributed by atoms with E-state index in [0.717, 1.165) is 23.4 Å². The van der Waals surface area contributed by atoms with Crippen LogP contribution in [0.25, 0.3) is 22.8 Å². The van der Waals surface area contributed by atoms with Gasteiger partial charge in [0.05, 0.1) is 22.5 Å². The van der Waals surface area contributed by atoms with Crippen molar-refractivity contribution in [1.82, 2.24) is 25.6 Å². The number of ether oxygens (including phenoxy) is 1. The summed E-state index contributed by atoms with van der Waals surface area (Å²) in [6, 6.07) is 20.6. The first kappa shape index (κ1) is 21.4. The van der Waals surface area contributed by atoms with Crippen LogP contribution in [0.4, 0.5) is 0 Å². The van der Waals surface area contributed by atoms with Crippen LogP contribution in [0.15, 0.2) is 72.9 Å². The maximum absolute atomic E-state index is 12.3. The number of nitrogens with zero attached hydrogens (tertiary/aromatic N) is 2. The van der Waals surface area contributed by atoms with Crippen LogP contribution in [-0.4, -0.2) is 39.9 Å². The molecule has 8 heteroatoms. The largest absolute Gasteiger partial charge is 0.483 e. The second kappa shape index (κ2) is 9.58. The summed E-state index contributed by atoms with van der Waals surface area (Å²) in [5.74, 6) is 0.681. The Hall–Kier alpha value is -4.46. The van der Waals surface area contributed by atoms with Crippen LogP contribution >= 0.6 is 0 Å². The zero-order valence-corrected chi connectivity index (χ0v) is 18.4. The lowest BCUT2D eigenvalue weighted by Crippen LogP contribution is -2.31. The van der Waals surface area contributed by atoms with E-state index in [1.807, 2.05) is 54.6 Å². The van der Waals surface area contributed by atoms with Gasteiger partial charge in [-0.05, 0) is 29.8 Å². The van der Waals surface area contributed by atoms with Gasteiger partial charge in [0.25, 0.3) is 11.8 Å². The molecule has 1 aliphatic heterocycles. The van der Waals surface area contributed by atoms with E-state index >= 15 is 0 Å². The number of hydrogen-bond acceptors (Lipinski definition) is 5. The van der Waals surface area contributed by atoms with Gasteiger partial charge in [0.15, 0.2) is 12.4 Å². The number of para-hydroxylation sites is 1. The van der Waals surface area contributed by atoms with E-state index < -0.39 is 0 Å². The summed E-state index contributed by atoms with van der Waals surface area (Å²) in [4.78, 5) is 36.8. The van der Waals surface area contributed by atoms with Crippen molar-refractivity contribution in [1.29, 1.82) is 0 Å². The molecule has 1 aliphatic rings. The van der Waals surface area contributed by atoms with Crippen LogP contribution in [0, 0.1) is 0 Å². The van der Waals surface area contributed by atoms with Gasteiger partial charge in [-0.3, -0.25) is 9.59 Å². The molecule has 0 saturated carbocycles. The third kappa shape index (κ3) is 4.66. The molecule has 4 aromatic rings. The Balaban J connectivity index is 1.31. The molecule has 0 fully saturated rings. The van der Waals surface area contributed by atoms with Gasteiger partial charge in [-0.2, -0.15) is 0 Å². The number of benzene rings is 2. The SMILES string of the molecule is O=C(COc1ccccc1-c1nccc(-c2cc3c([nH]2)CCNC3=O)n1)NCc1ccccc1. The highest BCUT2D eigenvalue weighted by atomic mass is 16.5. The molecular weight excluding hydrogens is 430 g/mol. The number of hydrogen-bond donors (Lipinski definition) is 3. The van der Waals surface area contributed by atoms with Crippen LogP contribution in [-0.2, 0) is 17.8 Å². The number of amides is 2. The molecule has 3 heterocycles. The smallest absolute Gasteiger partial charge is 0.258 e. The molecule has 0 spiro atoms. The van der Waals surface area contributed by atoms with Gasteiger partial charge >= 0.3 is 0 Å². The predicted octanol–water partition coefficient (Wildman–Crippen LogP) is 3.12. The zero-order valence-electron chi connectivity index (χ0n) is 18.4. The molecule has 3 N–H and O–H groups in total. The lowest BCUT2D eigenvalue weighted by Gasteiger charge is -2.11. The van der Waals surface area contributed by atoms with E-state index in [2.05, 4.69) is 20.6 Å². The second-order valence-corrected chi connectivity index (χ2v) is 7.89. The van der Waals surface area contributed by atoms with Crippen molar-refractivity contribution in [3.05, 3.63) is 89.7 Å². The van der Waals surface area contributed by atoms with E-state index in [-0.39, 0.29) is 18.4 Å². The monoisotopic (exact) mass is 453 g/mol. The van der Waals surface area contributed by atoms with Gasteiger partial charge in [-0.1, -0.05) is 42.5 Å². The molecule has 8 nitrogen and oxygen atoms in total. The van der Waals surface area contributed by atoms with Crippen molar-refractivity contribution >= 4 is 11.8 Å². The molecule has 0 saturated heterocycles. The summed E-state index contributed by atoms with van der Waals surface area (Å²) in [5.41, 5.74) is 4.67. The first-order valence-corrected chi connectivity index (χ1v) is 11.0. The topological polar surface area (TPSA) is 109 Å². The van der Waals surface area contributed by atoms with Gasteiger partial charge in [0.2, 0.25) is 0 Å². The first-order chi connectivity index (χ1) is 16.7. The fourth-order valence-electron chi connectivity index (χ4n) is 3.84. The quantitative estimate of drug-likeness (QED) is 0.398. The third-order valence-corrected chi connectivity index (χ3v) is 5.56. The van der Waals surface area contributed by atoms with Crippen molar-refractivity contribution in [2.75, 3.05) is 13.2 Å². The molecule has 0 radical (unpaired) electrons. The van der Waals surface area contributed by atoms with Crippen LogP contribution in [0.2, 0.25) is 0 Å². The minimum absolute atomic E-state index is 0.0812. The number of fused-ring (bicyclic) bond motifs is 1. The molecule has 0 atom stereocenters. The van der Waals surface area contributed by atoms with Crippen LogP contribution in [0.3, 0.4) is 0 Å². The third-order valence-electron chi connectivity index (χ3n) is 5.56. The maximum Gasteiger partial charge on any atom is 0.258 e. The second-order valence-electron chi connectivity index (χ2n) is 7.89. The molecule has 34 heavy (non-hydrogen) atoms. The van der Waals surface area contributed by atoms with E-state index in [1.54, 1.807) is 18.3 Å². The zero-order chi connectivity index (χ0) is 23.3. The Labute approximate surface area is 196 Å². The molecule has 0 unspecified atom stereocenters. The summed E-state index contributed by atoms with van der Waals surface area (Å²) in [5, 5.41) is 5.70. The molecule has 170 valence electrons. The summed E-state index contributed by atoms with van der Waals surface area (Å²) in [7, 11) is 0. The average Bonchev–Trinajstić information content (AvgIpc) is 3.33. The number of nitrogens with one attached hydrogen (secondary N) is 3. The highest BCUT2D eigenvalue weighted by Gasteiger charge is 2.21. The number of rotatable bonds is 7. The first-order valence-electron chi connectivity index (χ1n) is 11.0. The minimum Gasteiger partial charge on any atom is -0.483 e. The normalized spacial score (nSPS) is 12.5. The van der Waals surface area contributed by atoms with Crippen molar-refractivity contribution in [2.45, 2.75) is 13.0 Å². The Morgan fingerprint density at radius 1 is 1.03 bits per heavy atom. The van der Waals surface area contributed by atoms with Crippen molar-refractivity contribution in [2.24, 2.45) is 0 Å². The highest BCUT2D eigenvalue weighted by molar-refractivity contribution is 5.97. The van der Waals surface area contributed by atoms with Gasteiger partial charge in [-0.15, -0.1) is 0 Å². The lowest BCUT2D eigenvalue weighted by molar-refractivity contribution is -0.123. The van der Waals surface area contributed by atoms with Crippen molar-refractivity contribution in [3.8, 4) is 28.5 Å². The number of aromatic amines is 1. The van der Waals surface area contributed by atoms with Crippen LogP contribution in [0.5, 0.6) is 5.75 Å². The number of H-pyrrole nitrogens is 1. The van der Waals surface area contributed by atoms with Gasteiger partial charge < -0.3 is 20.4 Å². The molecule has 5 rings (SSSR count). The molecule has 2 aromatic carbocycles. The summed E-state index contributed by atoms with van der Waals surface area (Å²) in [6.45, 7) is 0.931. The lowest BCUT2D eigenvalue weighted by atomic mass is 10.1. The average molecular weight is 454 g/mol. The Morgan fingerprint density at radius 2 is 1.85 bits per heavy atom. The minimum atomic E-state index is -0.219. The fourth-order valence-corrected chi connectivity index (χ4v) is 3.84. The molecule has 2 aromatic heterocycles. The van der Waals surface area contributed by atoms with Gasteiger partial charge in [-0.25, -0.2) is 9.97 Å². The Kier molecular flexibility index (Phi) is 6.03. The van der Waals surface area contributed by atoms with Gasteiger partial charge in [0, 0.05) is 31.4 Å². The standard InChI is InChI=1S/C26H23N5O3/c32-24(29-15-17-6-2-1-3-7-17)16-34-23-9-5-4-8-18(23)25-27-12-11-21(31-25)22-14-19-20(30-22)10-13-28-26(19)33/h1-9,11-12,14,30H,10,13,15-16H2,(H,28,33)(H,29,32). The van der Waals surface area contributed by atoms with E-state index in [1.165, 1.54) is 0 Å². The summed E-state index contributed by atoms with van der Waals surface area (Å²) in [6.07, 6.45) is 2.42. The predicted molar refractivity (Wildman–Crippen MR) is 127 cm³/mol. The maximum atomic E-state index is 12.3. The van der Waals surface area contributed by atoms with Crippen molar-refractivity contribution in [3.63, 3.8) is 0 Å². The fraction of sp³-hybridized carbons (Fsp3) is 0.154. The van der Waals surface area contributed by atoms with Gasteiger partial charge in [0.1, 0.15) is 5.75 Å². The van der Waals surface area contributed by atoms with E-state index in [0.29, 0.717) is 41.5 Å². The van der Waals surface area contributed by atoms with E-state index in [9.17, 15) is 9.59 Å². The Morgan fingerprint density at radius 3 is 2.71 bits per heavy atom. The van der Waals surface area contributed by atoms with E-state index in [4.69, 9.17) is 9.72 Å². The number of aromatic nitrogens is 3. The van der Waals surface area contributed by atoms with Crippen LogP contribution in [0.1, 0.15) is 21.6 Å². The van der Waals surface area contributed by atoms with Crippen LogP contribution < -0.4 is 15.4 Å². The molecular formula is C26H23N5O3. The molecule has 2 amide bonds. The summed E-state index contributed by atoms with van der Waals surface area (Å²) >= 11 is 0.